The first kappa shape index (κ1) is 9.77. The van der Waals surface area contributed by atoms with Crippen LogP contribution in [0.2, 0.25) is 0 Å². The molecule has 14 heavy (non-hydrogen) atoms. The Hall–Kier alpha value is -0.770. The maximum Gasteiger partial charge on any atom is 0.192 e. The van der Waals surface area contributed by atoms with Crippen molar-refractivity contribution in [3.63, 3.8) is 0 Å². The average Bonchev–Trinajstić information content (AvgIpc) is 2.58. The molecule has 1 atom stereocenters. The third kappa shape index (κ3) is 1.29. The summed E-state index contributed by atoms with van der Waals surface area (Å²) in [4.78, 5) is 9.07. The van der Waals surface area contributed by atoms with Gasteiger partial charge in [-0.15, -0.1) is 0 Å². The maximum atomic E-state index is 5.94. The van der Waals surface area contributed by atoms with Crippen molar-refractivity contribution in [1.29, 1.82) is 0 Å². The number of nitrogens with two attached hydrogens (primary N) is 1. The Labute approximate surface area is 85.8 Å². The third-order valence-corrected chi connectivity index (χ3v) is 3.33. The molecule has 0 aromatic rings. The standard InChI is InChI=1S/C10H20N4/c1-8(2)14-9(11)12-6-10(14)4-5-13(3)7-10/h8H,4-7H2,1-3H3,(H2,11,12). The molecule has 2 aliphatic rings. The smallest absolute Gasteiger partial charge is 0.192 e. The zero-order valence-corrected chi connectivity index (χ0v) is 9.32. The van der Waals surface area contributed by atoms with E-state index in [1.165, 1.54) is 6.42 Å². The summed E-state index contributed by atoms with van der Waals surface area (Å²) in [5.41, 5.74) is 6.14. The van der Waals surface area contributed by atoms with Gasteiger partial charge in [0.2, 0.25) is 0 Å². The molecule has 0 aromatic carbocycles. The molecule has 2 aliphatic heterocycles. The molecule has 0 saturated carbocycles. The van der Waals surface area contributed by atoms with E-state index in [-0.39, 0.29) is 5.54 Å². The summed E-state index contributed by atoms with van der Waals surface area (Å²) >= 11 is 0. The highest BCUT2D eigenvalue weighted by Gasteiger charge is 2.47. The van der Waals surface area contributed by atoms with Gasteiger partial charge in [0.15, 0.2) is 5.96 Å². The van der Waals surface area contributed by atoms with Crippen LogP contribution in [0.3, 0.4) is 0 Å². The molecule has 1 saturated heterocycles. The Morgan fingerprint density at radius 3 is 2.71 bits per heavy atom. The lowest BCUT2D eigenvalue weighted by atomic mass is 9.96. The molecule has 4 nitrogen and oxygen atoms in total. The van der Waals surface area contributed by atoms with E-state index >= 15 is 0 Å². The van der Waals surface area contributed by atoms with Gasteiger partial charge in [-0.3, -0.25) is 4.99 Å². The van der Waals surface area contributed by atoms with Gasteiger partial charge in [0.05, 0.1) is 12.1 Å². The van der Waals surface area contributed by atoms with Crippen LogP contribution >= 0.6 is 0 Å². The number of rotatable bonds is 1. The SMILES string of the molecule is CC(C)N1C(N)=NCC12CCN(C)C2. The number of guanidine groups is 1. The second kappa shape index (κ2) is 3.12. The van der Waals surface area contributed by atoms with Crippen LogP contribution in [0.5, 0.6) is 0 Å². The number of hydrogen-bond acceptors (Lipinski definition) is 4. The molecule has 0 radical (unpaired) electrons. The van der Waals surface area contributed by atoms with E-state index in [1.807, 2.05) is 0 Å². The lowest BCUT2D eigenvalue weighted by Crippen LogP contribution is -2.55. The van der Waals surface area contributed by atoms with Crippen molar-refractivity contribution in [2.45, 2.75) is 31.8 Å². The quantitative estimate of drug-likeness (QED) is 0.647. The van der Waals surface area contributed by atoms with E-state index in [2.05, 4.69) is 35.7 Å². The molecule has 1 spiro atoms. The summed E-state index contributed by atoms with van der Waals surface area (Å²) in [6.07, 6.45) is 1.19. The van der Waals surface area contributed by atoms with Crippen molar-refractivity contribution in [2.24, 2.45) is 10.7 Å². The summed E-state index contributed by atoms with van der Waals surface area (Å²) in [6.45, 7) is 7.50. The number of likely N-dealkylation sites (N-methyl/N-ethyl adjacent to an activating group) is 1. The van der Waals surface area contributed by atoms with E-state index in [1.54, 1.807) is 0 Å². The molecular weight excluding hydrogens is 176 g/mol. The predicted octanol–water partition coefficient (Wildman–Crippen LogP) is 0.0994. The van der Waals surface area contributed by atoms with Crippen LogP contribution in [-0.4, -0.2) is 54.0 Å². The molecule has 0 aliphatic carbocycles. The highest BCUT2D eigenvalue weighted by molar-refractivity contribution is 5.81. The number of hydrogen-bond donors (Lipinski definition) is 1. The Balaban J connectivity index is 2.21. The molecule has 0 amide bonds. The first-order chi connectivity index (χ1) is 6.55. The van der Waals surface area contributed by atoms with Gasteiger partial charge < -0.3 is 15.5 Å². The van der Waals surface area contributed by atoms with E-state index in [0.717, 1.165) is 25.6 Å². The summed E-state index contributed by atoms with van der Waals surface area (Å²) in [5, 5.41) is 0. The molecule has 2 rings (SSSR count). The lowest BCUT2D eigenvalue weighted by Gasteiger charge is -2.38. The molecule has 80 valence electrons. The number of likely N-dealkylation sites (tertiary alicyclic amines) is 1. The van der Waals surface area contributed by atoms with Gasteiger partial charge in [0.1, 0.15) is 0 Å². The fourth-order valence-electron chi connectivity index (χ4n) is 2.82. The molecule has 1 unspecified atom stereocenters. The van der Waals surface area contributed by atoms with Crippen LogP contribution in [0.1, 0.15) is 20.3 Å². The van der Waals surface area contributed by atoms with Crippen molar-refractivity contribution in [3.8, 4) is 0 Å². The van der Waals surface area contributed by atoms with Gasteiger partial charge in [-0.2, -0.15) is 0 Å². The minimum Gasteiger partial charge on any atom is -0.370 e. The minimum atomic E-state index is 0.201. The van der Waals surface area contributed by atoms with Gasteiger partial charge in [0.25, 0.3) is 0 Å². The van der Waals surface area contributed by atoms with Crippen molar-refractivity contribution in [2.75, 3.05) is 26.7 Å². The van der Waals surface area contributed by atoms with Crippen LogP contribution in [0.4, 0.5) is 0 Å². The molecule has 1 fully saturated rings. The van der Waals surface area contributed by atoms with Gasteiger partial charge in [-0.25, -0.2) is 0 Å². The van der Waals surface area contributed by atoms with Crippen LogP contribution < -0.4 is 5.73 Å². The Bertz CT molecular complexity index is 261. The zero-order valence-electron chi connectivity index (χ0n) is 9.32. The summed E-state index contributed by atoms with van der Waals surface area (Å²) < 4.78 is 0. The lowest BCUT2D eigenvalue weighted by molar-refractivity contribution is 0.170. The van der Waals surface area contributed by atoms with Gasteiger partial charge in [0, 0.05) is 19.1 Å². The maximum absolute atomic E-state index is 5.94. The molecule has 0 bridgehead atoms. The van der Waals surface area contributed by atoms with Crippen LogP contribution in [-0.2, 0) is 0 Å². The van der Waals surface area contributed by atoms with Crippen LogP contribution in [0, 0.1) is 0 Å². The molecule has 2 N–H and O–H groups in total. The second-order valence-corrected chi connectivity index (χ2v) is 4.85. The largest absolute Gasteiger partial charge is 0.370 e. The van der Waals surface area contributed by atoms with E-state index < -0.39 is 0 Å². The molecule has 4 heteroatoms. The van der Waals surface area contributed by atoms with Crippen LogP contribution in [0.15, 0.2) is 4.99 Å². The molecule has 2 heterocycles. The first-order valence-electron chi connectivity index (χ1n) is 5.33. The van der Waals surface area contributed by atoms with Crippen molar-refractivity contribution in [1.82, 2.24) is 9.80 Å². The van der Waals surface area contributed by atoms with Crippen LogP contribution in [0.25, 0.3) is 0 Å². The fourth-order valence-corrected chi connectivity index (χ4v) is 2.82. The van der Waals surface area contributed by atoms with Gasteiger partial charge in [-0.1, -0.05) is 0 Å². The Kier molecular flexibility index (Phi) is 2.18. The minimum absolute atomic E-state index is 0.201. The van der Waals surface area contributed by atoms with Gasteiger partial charge in [-0.05, 0) is 27.3 Å². The summed E-state index contributed by atoms with van der Waals surface area (Å²) in [7, 11) is 2.17. The summed E-state index contributed by atoms with van der Waals surface area (Å²) in [6, 6.07) is 0.452. The molecular formula is C10H20N4. The van der Waals surface area contributed by atoms with E-state index in [9.17, 15) is 0 Å². The Morgan fingerprint density at radius 2 is 2.21 bits per heavy atom. The predicted molar refractivity (Wildman–Crippen MR) is 58.3 cm³/mol. The van der Waals surface area contributed by atoms with E-state index in [4.69, 9.17) is 5.73 Å². The second-order valence-electron chi connectivity index (χ2n) is 4.85. The normalized spacial score (nSPS) is 33.4. The zero-order chi connectivity index (χ0) is 10.3. The first-order valence-corrected chi connectivity index (χ1v) is 5.33. The average molecular weight is 196 g/mol. The van der Waals surface area contributed by atoms with Gasteiger partial charge >= 0.3 is 0 Å². The monoisotopic (exact) mass is 196 g/mol. The van der Waals surface area contributed by atoms with Crippen molar-refractivity contribution >= 4 is 5.96 Å². The molecule has 0 aromatic heterocycles. The fraction of sp³-hybridized carbons (Fsp3) is 0.900. The third-order valence-electron chi connectivity index (χ3n) is 3.33. The van der Waals surface area contributed by atoms with E-state index in [0.29, 0.717) is 6.04 Å². The highest BCUT2D eigenvalue weighted by Crippen LogP contribution is 2.32. The summed E-state index contributed by atoms with van der Waals surface area (Å²) in [5.74, 6) is 0.732. The topological polar surface area (TPSA) is 44.9 Å². The highest BCUT2D eigenvalue weighted by atomic mass is 15.4. The Morgan fingerprint density at radius 1 is 1.50 bits per heavy atom. The van der Waals surface area contributed by atoms with Crippen molar-refractivity contribution in [3.05, 3.63) is 0 Å². The number of aliphatic imine (C=N–C) groups is 1. The van der Waals surface area contributed by atoms with Crippen molar-refractivity contribution < 1.29 is 0 Å². The number of nitrogens with zero attached hydrogens (tertiary/aromatic N) is 3.